The number of phenols is 3. The molecule has 6 heteroatoms. The summed E-state index contributed by atoms with van der Waals surface area (Å²) in [7, 11) is 0. The van der Waals surface area contributed by atoms with Crippen LogP contribution in [0.2, 0.25) is 0 Å². The lowest BCUT2D eigenvalue weighted by atomic mass is 9.93. The zero-order chi connectivity index (χ0) is 17.4. The van der Waals surface area contributed by atoms with Crippen LogP contribution in [0.4, 0.5) is 0 Å². The maximum atomic E-state index is 12.6. The Hall–Kier alpha value is -2.47. The van der Waals surface area contributed by atoms with Crippen molar-refractivity contribution in [2.24, 2.45) is 0 Å². The van der Waals surface area contributed by atoms with E-state index in [-0.39, 0.29) is 57.2 Å². The molecule has 0 amide bonds. The summed E-state index contributed by atoms with van der Waals surface area (Å²) >= 11 is 3.25. The molecule has 0 fully saturated rings. The van der Waals surface area contributed by atoms with E-state index in [4.69, 9.17) is 4.74 Å². The van der Waals surface area contributed by atoms with Crippen LogP contribution in [0, 0.1) is 0 Å². The highest BCUT2D eigenvalue weighted by molar-refractivity contribution is 9.10. The first-order valence-electron chi connectivity index (χ1n) is 7.30. The Morgan fingerprint density at radius 3 is 2.50 bits per heavy atom. The molecular weight excluding hydrogens is 376 g/mol. The van der Waals surface area contributed by atoms with Gasteiger partial charge in [0, 0.05) is 5.56 Å². The van der Waals surface area contributed by atoms with Gasteiger partial charge in [0.25, 0.3) is 0 Å². The van der Waals surface area contributed by atoms with Gasteiger partial charge in [-0.2, -0.15) is 0 Å². The van der Waals surface area contributed by atoms with E-state index in [1.807, 2.05) is 0 Å². The van der Waals surface area contributed by atoms with Gasteiger partial charge in [0.1, 0.15) is 33.4 Å². The third kappa shape index (κ3) is 2.63. The summed E-state index contributed by atoms with van der Waals surface area (Å²) in [6.45, 7) is 3.58. The van der Waals surface area contributed by atoms with Gasteiger partial charge in [-0.3, -0.25) is 4.79 Å². The summed E-state index contributed by atoms with van der Waals surface area (Å²) in [5.74, 6) is -0.498. The number of aromatic hydroxyl groups is 3. The zero-order valence-corrected chi connectivity index (χ0v) is 14.2. The first-order valence-corrected chi connectivity index (χ1v) is 8.09. The standard InChI is InChI=1S/C18H15BrO5/c1-2-3-11-16(22)14-12(21)8-13(9-4-6-10(20)7-5-9)24-18(14)15(19)17(11)23/h2,4-7,13,20,22-23H,1,3,8H2. The third-order valence-electron chi connectivity index (χ3n) is 3.97. The van der Waals surface area contributed by atoms with Crippen LogP contribution in [-0.4, -0.2) is 21.1 Å². The van der Waals surface area contributed by atoms with Crippen LogP contribution >= 0.6 is 15.9 Å². The average molecular weight is 391 g/mol. The third-order valence-corrected chi connectivity index (χ3v) is 4.70. The van der Waals surface area contributed by atoms with Crippen molar-refractivity contribution in [1.82, 2.24) is 0 Å². The molecule has 2 aromatic rings. The molecule has 1 atom stereocenters. The number of phenolic OH excluding ortho intramolecular Hbond substituents is 3. The van der Waals surface area contributed by atoms with Gasteiger partial charge in [0.2, 0.25) is 0 Å². The number of hydrogen-bond acceptors (Lipinski definition) is 5. The zero-order valence-electron chi connectivity index (χ0n) is 12.6. The minimum Gasteiger partial charge on any atom is -0.508 e. The van der Waals surface area contributed by atoms with E-state index in [9.17, 15) is 20.1 Å². The van der Waals surface area contributed by atoms with Crippen LogP contribution in [0.1, 0.15) is 34.0 Å². The maximum Gasteiger partial charge on any atom is 0.174 e. The monoisotopic (exact) mass is 390 g/mol. The van der Waals surface area contributed by atoms with Crippen molar-refractivity contribution in [3.05, 3.63) is 58.1 Å². The SMILES string of the molecule is C=CCc1c(O)c(Br)c2c(c1O)C(=O)CC(c1ccc(O)cc1)O2. The van der Waals surface area contributed by atoms with Crippen LogP contribution in [0.3, 0.4) is 0 Å². The van der Waals surface area contributed by atoms with E-state index >= 15 is 0 Å². The fourth-order valence-corrected chi connectivity index (χ4v) is 3.29. The van der Waals surface area contributed by atoms with Gasteiger partial charge in [0.15, 0.2) is 11.5 Å². The number of ketones is 1. The molecule has 1 aliphatic heterocycles. The van der Waals surface area contributed by atoms with E-state index in [1.165, 1.54) is 18.2 Å². The molecule has 0 aromatic heterocycles. The normalized spacial score (nSPS) is 16.4. The molecule has 124 valence electrons. The Balaban J connectivity index is 2.09. The fourth-order valence-electron chi connectivity index (χ4n) is 2.76. The molecule has 1 heterocycles. The van der Waals surface area contributed by atoms with Crippen molar-refractivity contribution in [3.8, 4) is 23.0 Å². The Labute approximate surface area is 147 Å². The highest BCUT2D eigenvalue weighted by Gasteiger charge is 2.35. The summed E-state index contributed by atoms with van der Waals surface area (Å²) in [5.41, 5.74) is 1.01. The minimum absolute atomic E-state index is 0.0517. The van der Waals surface area contributed by atoms with Gasteiger partial charge in [-0.05, 0) is 40.0 Å². The lowest BCUT2D eigenvalue weighted by Crippen LogP contribution is -2.21. The van der Waals surface area contributed by atoms with Crippen molar-refractivity contribution >= 4 is 21.7 Å². The molecule has 3 N–H and O–H groups in total. The quantitative estimate of drug-likeness (QED) is 0.689. The van der Waals surface area contributed by atoms with Crippen LogP contribution < -0.4 is 4.74 Å². The first kappa shape index (κ1) is 16.4. The molecule has 5 nitrogen and oxygen atoms in total. The van der Waals surface area contributed by atoms with Gasteiger partial charge < -0.3 is 20.1 Å². The number of halogens is 1. The number of allylic oxidation sites excluding steroid dienone is 1. The summed E-state index contributed by atoms with van der Waals surface area (Å²) in [6.07, 6.45) is 1.24. The van der Waals surface area contributed by atoms with Crippen molar-refractivity contribution in [2.75, 3.05) is 0 Å². The molecule has 24 heavy (non-hydrogen) atoms. The van der Waals surface area contributed by atoms with Gasteiger partial charge in [-0.25, -0.2) is 0 Å². The van der Waals surface area contributed by atoms with Crippen LogP contribution in [0.15, 0.2) is 41.4 Å². The number of rotatable bonds is 3. The lowest BCUT2D eigenvalue weighted by molar-refractivity contribution is 0.0842. The lowest BCUT2D eigenvalue weighted by Gasteiger charge is -2.28. The van der Waals surface area contributed by atoms with Crippen LogP contribution in [-0.2, 0) is 6.42 Å². The predicted octanol–water partition coefficient (Wildman–Crippen LogP) is 4.00. The molecule has 0 bridgehead atoms. The Morgan fingerprint density at radius 1 is 1.21 bits per heavy atom. The van der Waals surface area contributed by atoms with E-state index in [0.717, 1.165) is 0 Å². The van der Waals surface area contributed by atoms with E-state index in [2.05, 4.69) is 22.5 Å². The second kappa shape index (κ2) is 6.20. The van der Waals surface area contributed by atoms with Crippen LogP contribution in [0.5, 0.6) is 23.0 Å². The average Bonchev–Trinajstić information content (AvgIpc) is 2.56. The minimum atomic E-state index is -0.564. The number of carbonyl (C=O) groups excluding carboxylic acids is 1. The smallest absolute Gasteiger partial charge is 0.174 e. The molecule has 3 rings (SSSR count). The summed E-state index contributed by atoms with van der Waals surface area (Å²) in [5, 5.41) is 30.0. The van der Waals surface area contributed by atoms with Gasteiger partial charge >= 0.3 is 0 Å². The number of ether oxygens (including phenoxy) is 1. The fraction of sp³-hybridized carbons (Fsp3) is 0.167. The van der Waals surface area contributed by atoms with E-state index in [0.29, 0.717) is 5.56 Å². The van der Waals surface area contributed by atoms with Crippen molar-refractivity contribution < 1.29 is 24.9 Å². The van der Waals surface area contributed by atoms with Crippen molar-refractivity contribution in [1.29, 1.82) is 0 Å². The number of hydrogen-bond donors (Lipinski definition) is 3. The number of Topliss-reactive ketones (excluding diaryl/α,β-unsaturated/α-hetero) is 1. The molecule has 1 unspecified atom stereocenters. The Morgan fingerprint density at radius 2 is 1.88 bits per heavy atom. The molecular formula is C18H15BrO5. The topological polar surface area (TPSA) is 87.0 Å². The number of benzene rings is 2. The predicted molar refractivity (Wildman–Crippen MR) is 91.8 cm³/mol. The van der Waals surface area contributed by atoms with E-state index in [1.54, 1.807) is 12.1 Å². The van der Waals surface area contributed by atoms with Gasteiger partial charge in [-0.15, -0.1) is 6.58 Å². The maximum absolute atomic E-state index is 12.6. The second-order valence-corrected chi connectivity index (χ2v) is 6.30. The number of fused-ring (bicyclic) bond motifs is 1. The molecule has 1 aliphatic rings. The molecule has 0 saturated heterocycles. The van der Waals surface area contributed by atoms with Gasteiger partial charge in [0.05, 0.1) is 6.42 Å². The molecule has 0 spiro atoms. The molecule has 2 aromatic carbocycles. The Bertz CT molecular complexity index is 827. The van der Waals surface area contributed by atoms with Crippen molar-refractivity contribution in [2.45, 2.75) is 18.9 Å². The van der Waals surface area contributed by atoms with E-state index < -0.39 is 6.10 Å². The largest absolute Gasteiger partial charge is 0.508 e. The highest BCUT2D eigenvalue weighted by atomic mass is 79.9. The molecule has 0 saturated carbocycles. The molecule has 0 radical (unpaired) electrons. The second-order valence-electron chi connectivity index (χ2n) is 5.51. The van der Waals surface area contributed by atoms with Crippen molar-refractivity contribution in [3.63, 3.8) is 0 Å². The summed E-state index contributed by atoms with van der Waals surface area (Å²) in [6, 6.07) is 6.35. The first-order chi connectivity index (χ1) is 11.4. The number of carbonyl (C=O) groups is 1. The molecule has 0 aliphatic carbocycles. The highest BCUT2D eigenvalue weighted by Crippen LogP contribution is 2.50. The van der Waals surface area contributed by atoms with Gasteiger partial charge in [-0.1, -0.05) is 18.2 Å². The summed E-state index contributed by atoms with van der Waals surface area (Å²) < 4.78 is 6.08. The Kier molecular flexibility index (Phi) is 4.24. The summed E-state index contributed by atoms with van der Waals surface area (Å²) in [4.78, 5) is 12.6. The van der Waals surface area contributed by atoms with Crippen LogP contribution in [0.25, 0.3) is 0 Å².